The van der Waals surface area contributed by atoms with Crippen molar-refractivity contribution in [2.75, 3.05) is 24.3 Å². The van der Waals surface area contributed by atoms with Crippen molar-refractivity contribution in [2.24, 2.45) is 0 Å². The second kappa shape index (κ2) is 5.53. The van der Waals surface area contributed by atoms with Crippen molar-refractivity contribution in [1.82, 2.24) is 4.98 Å². The van der Waals surface area contributed by atoms with E-state index in [4.69, 9.17) is 0 Å². The number of fused-ring (bicyclic) bond motifs is 1. The van der Waals surface area contributed by atoms with Gasteiger partial charge in [-0.2, -0.15) is 0 Å². The summed E-state index contributed by atoms with van der Waals surface area (Å²) >= 11 is 0. The molecule has 0 spiro atoms. The van der Waals surface area contributed by atoms with Gasteiger partial charge >= 0.3 is 0 Å². The first-order chi connectivity index (χ1) is 9.74. The number of aryl methyl sites for hydroxylation is 1. The highest BCUT2D eigenvalue weighted by Crippen LogP contribution is 2.27. The van der Waals surface area contributed by atoms with Gasteiger partial charge in [0.05, 0.1) is 5.69 Å². The molecule has 3 heteroatoms. The number of benzene rings is 1. The van der Waals surface area contributed by atoms with E-state index in [-0.39, 0.29) is 0 Å². The van der Waals surface area contributed by atoms with Crippen molar-refractivity contribution >= 4 is 11.5 Å². The number of hydrogen-bond acceptors (Lipinski definition) is 3. The maximum atomic E-state index is 4.45. The number of nitrogens with zero attached hydrogens (tertiary/aromatic N) is 2. The van der Waals surface area contributed by atoms with Gasteiger partial charge in [0, 0.05) is 26.3 Å². The van der Waals surface area contributed by atoms with Crippen LogP contribution >= 0.6 is 0 Å². The quantitative estimate of drug-likeness (QED) is 0.926. The van der Waals surface area contributed by atoms with Gasteiger partial charge in [-0.3, -0.25) is 0 Å². The Morgan fingerprint density at radius 3 is 2.70 bits per heavy atom. The van der Waals surface area contributed by atoms with Gasteiger partial charge in [-0.15, -0.1) is 0 Å². The standard InChI is InChI=1S/C17H21N3/c1-20(2)17-16(8-5-11-18-17)19-15-10-9-13-6-3-4-7-14(13)12-15/h3-8,11,15,19H,9-10,12H2,1-2H3. The molecular weight excluding hydrogens is 246 g/mol. The highest BCUT2D eigenvalue weighted by atomic mass is 15.2. The maximum Gasteiger partial charge on any atom is 0.151 e. The van der Waals surface area contributed by atoms with Crippen molar-refractivity contribution < 1.29 is 0 Å². The SMILES string of the molecule is CN(C)c1ncccc1NC1CCc2ccccc2C1. The average Bonchev–Trinajstić information content (AvgIpc) is 2.47. The van der Waals surface area contributed by atoms with Gasteiger partial charge in [0.2, 0.25) is 0 Å². The lowest BCUT2D eigenvalue weighted by Crippen LogP contribution is -2.28. The highest BCUT2D eigenvalue weighted by molar-refractivity contribution is 5.65. The largest absolute Gasteiger partial charge is 0.379 e. The Bertz CT molecular complexity index is 592. The molecule has 1 unspecified atom stereocenters. The minimum absolute atomic E-state index is 0.493. The number of anilines is 2. The summed E-state index contributed by atoms with van der Waals surface area (Å²) < 4.78 is 0. The Kier molecular flexibility index (Phi) is 3.59. The summed E-state index contributed by atoms with van der Waals surface area (Å²) in [6, 6.07) is 13.4. The first-order valence-corrected chi connectivity index (χ1v) is 7.19. The summed E-state index contributed by atoms with van der Waals surface area (Å²) in [6.07, 6.45) is 5.28. The zero-order valence-corrected chi connectivity index (χ0v) is 12.1. The maximum absolute atomic E-state index is 4.45. The minimum atomic E-state index is 0.493. The molecule has 0 saturated carbocycles. The van der Waals surface area contributed by atoms with Crippen LogP contribution in [0.4, 0.5) is 11.5 Å². The zero-order valence-electron chi connectivity index (χ0n) is 12.1. The molecule has 1 heterocycles. The van der Waals surface area contributed by atoms with E-state index in [1.54, 1.807) is 0 Å². The molecular formula is C17H21N3. The fraction of sp³-hybridized carbons (Fsp3) is 0.353. The number of aromatic nitrogens is 1. The first kappa shape index (κ1) is 13.0. The van der Waals surface area contributed by atoms with E-state index in [1.807, 2.05) is 26.4 Å². The van der Waals surface area contributed by atoms with Crippen LogP contribution in [0.1, 0.15) is 17.5 Å². The van der Waals surface area contributed by atoms with Crippen LogP contribution in [0.3, 0.4) is 0 Å². The minimum Gasteiger partial charge on any atom is -0.379 e. The van der Waals surface area contributed by atoms with Gasteiger partial charge < -0.3 is 10.2 Å². The topological polar surface area (TPSA) is 28.2 Å². The summed E-state index contributed by atoms with van der Waals surface area (Å²) in [5.41, 5.74) is 4.11. The third-order valence-electron chi connectivity index (χ3n) is 3.92. The zero-order chi connectivity index (χ0) is 13.9. The van der Waals surface area contributed by atoms with Crippen molar-refractivity contribution in [3.63, 3.8) is 0 Å². The van der Waals surface area contributed by atoms with Crippen LogP contribution in [0.15, 0.2) is 42.6 Å². The van der Waals surface area contributed by atoms with E-state index in [1.165, 1.54) is 17.5 Å². The lowest BCUT2D eigenvalue weighted by molar-refractivity contribution is 0.610. The summed E-state index contributed by atoms with van der Waals surface area (Å²) in [6.45, 7) is 0. The lowest BCUT2D eigenvalue weighted by Gasteiger charge is -2.27. The van der Waals surface area contributed by atoms with Gasteiger partial charge in [0.25, 0.3) is 0 Å². The summed E-state index contributed by atoms with van der Waals surface area (Å²) in [4.78, 5) is 6.51. The van der Waals surface area contributed by atoms with Gasteiger partial charge in [0.15, 0.2) is 5.82 Å². The molecule has 1 atom stereocenters. The Labute approximate surface area is 120 Å². The van der Waals surface area contributed by atoms with Crippen molar-refractivity contribution in [1.29, 1.82) is 0 Å². The van der Waals surface area contributed by atoms with Crippen LogP contribution in [-0.2, 0) is 12.8 Å². The fourth-order valence-corrected chi connectivity index (χ4v) is 2.91. The average molecular weight is 267 g/mol. The second-order valence-corrected chi connectivity index (χ2v) is 5.62. The molecule has 0 fully saturated rings. The smallest absolute Gasteiger partial charge is 0.151 e. The molecule has 3 nitrogen and oxygen atoms in total. The van der Waals surface area contributed by atoms with E-state index in [2.05, 4.69) is 45.5 Å². The predicted molar refractivity (Wildman–Crippen MR) is 84.4 cm³/mol. The molecule has 0 bridgehead atoms. The number of pyridine rings is 1. The van der Waals surface area contributed by atoms with Crippen molar-refractivity contribution in [3.05, 3.63) is 53.7 Å². The number of hydrogen-bond donors (Lipinski definition) is 1. The van der Waals surface area contributed by atoms with E-state index in [0.29, 0.717) is 6.04 Å². The van der Waals surface area contributed by atoms with Crippen LogP contribution < -0.4 is 10.2 Å². The van der Waals surface area contributed by atoms with Crippen molar-refractivity contribution in [3.8, 4) is 0 Å². The molecule has 1 aliphatic carbocycles. The summed E-state index contributed by atoms with van der Waals surface area (Å²) in [5, 5.41) is 3.67. The second-order valence-electron chi connectivity index (χ2n) is 5.62. The van der Waals surface area contributed by atoms with Gasteiger partial charge in [0.1, 0.15) is 0 Å². The number of rotatable bonds is 3. The highest BCUT2D eigenvalue weighted by Gasteiger charge is 2.19. The molecule has 20 heavy (non-hydrogen) atoms. The Morgan fingerprint density at radius 1 is 1.10 bits per heavy atom. The number of nitrogens with one attached hydrogen (secondary N) is 1. The van der Waals surface area contributed by atoms with Gasteiger partial charge in [-0.05, 0) is 42.5 Å². The van der Waals surface area contributed by atoms with Gasteiger partial charge in [-0.25, -0.2) is 4.98 Å². The summed E-state index contributed by atoms with van der Waals surface area (Å²) in [5.74, 6) is 1.01. The molecule has 1 aromatic carbocycles. The Hall–Kier alpha value is -2.03. The van der Waals surface area contributed by atoms with E-state index < -0.39 is 0 Å². The van der Waals surface area contributed by atoms with Gasteiger partial charge in [-0.1, -0.05) is 24.3 Å². The normalized spacial score (nSPS) is 17.4. The molecule has 0 aliphatic heterocycles. The van der Waals surface area contributed by atoms with Crippen LogP contribution in [0.5, 0.6) is 0 Å². The Morgan fingerprint density at radius 2 is 1.90 bits per heavy atom. The van der Waals surface area contributed by atoms with E-state index in [0.717, 1.165) is 24.3 Å². The fourth-order valence-electron chi connectivity index (χ4n) is 2.91. The van der Waals surface area contributed by atoms with Crippen LogP contribution in [0.25, 0.3) is 0 Å². The Balaban J connectivity index is 1.77. The molecule has 1 N–H and O–H groups in total. The molecule has 3 rings (SSSR count). The molecule has 104 valence electrons. The monoisotopic (exact) mass is 267 g/mol. The molecule has 1 aromatic heterocycles. The molecule has 1 aliphatic rings. The van der Waals surface area contributed by atoms with Crippen LogP contribution in [0.2, 0.25) is 0 Å². The van der Waals surface area contributed by atoms with Crippen molar-refractivity contribution in [2.45, 2.75) is 25.3 Å². The molecule has 2 aromatic rings. The lowest BCUT2D eigenvalue weighted by atomic mass is 9.88. The third kappa shape index (κ3) is 2.62. The van der Waals surface area contributed by atoms with E-state index in [9.17, 15) is 0 Å². The summed E-state index contributed by atoms with van der Waals surface area (Å²) in [7, 11) is 4.06. The third-order valence-corrected chi connectivity index (χ3v) is 3.92. The van der Waals surface area contributed by atoms with Crippen LogP contribution in [0, 0.1) is 0 Å². The van der Waals surface area contributed by atoms with E-state index >= 15 is 0 Å². The molecule has 0 saturated heterocycles. The first-order valence-electron chi connectivity index (χ1n) is 7.19. The predicted octanol–water partition coefficient (Wildman–Crippen LogP) is 3.12. The molecule has 0 amide bonds. The van der Waals surface area contributed by atoms with Crippen LogP contribution in [-0.4, -0.2) is 25.1 Å². The molecule has 0 radical (unpaired) electrons.